The first-order valence-electron chi connectivity index (χ1n) is 14.7. The van der Waals surface area contributed by atoms with E-state index in [1.165, 1.54) is 18.3 Å². The molecule has 11 nitrogen and oxygen atoms in total. The molecule has 17 heteroatoms. The van der Waals surface area contributed by atoms with Crippen molar-refractivity contribution in [3.8, 4) is 11.1 Å². The molecule has 1 saturated heterocycles. The van der Waals surface area contributed by atoms with Crippen molar-refractivity contribution in [1.82, 2.24) is 19.8 Å². The number of nitrogens with zero attached hydrogens (tertiary/aromatic N) is 4. The third kappa shape index (κ3) is 8.93. The fourth-order valence-corrected chi connectivity index (χ4v) is 5.37. The molecule has 0 bridgehead atoms. The molecule has 1 atom stereocenters. The first-order chi connectivity index (χ1) is 22.9. The van der Waals surface area contributed by atoms with Gasteiger partial charge in [-0.15, -0.1) is 0 Å². The number of likely N-dealkylation sites (N-methyl/N-ethyl adjacent to an activating group) is 1. The summed E-state index contributed by atoms with van der Waals surface area (Å²) in [4.78, 5) is 26.3. The van der Waals surface area contributed by atoms with Crippen LogP contribution in [-0.4, -0.2) is 76.3 Å². The Labute approximate surface area is 274 Å². The van der Waals surface area contributed by atoms with Gasteiger partial charge in [-0.1, -0.05) is 12.1 Å². The number of anilines is 5. The predicted molar refractivity (Wildman–Crippen MR) is 174 cm³/mol. The highest BCUT2D eigenvalue weighted by molar-refractivity contribution is 7.73. The number of carbonyl (C=O) groups excluding carboxylic acids is 1. The van der Waals surface area contributed by atoms with Gasteiger partial charge in [-0.3, -0.25) is 9.68 Å². The predicted octanol–water partition coefficient (Wildman–Crippen LogP) is 6.09. The number of benzene rings is 3. The minimum atomic E-state index is -4.76. The Hall–Kier alpha value is -4.87. The van der Waals surface area contributed by atoms with Gasteiger partial charge >= 0.3 is 12.2 Å². The molecular weight excluding hydrogens is 657 g/mol. The Morgan fingerprint density at radius 3 is 2.42 bits per heavy atom. The molecule has 3 aromatic carbocycles. The SMILES string of the molecule is CN1CCN(CCNc2nc(Nc3cccc([SH](=N)=O)c3)ncc2-c2ccc(NC(=O)Nc3cc(C(F)(F)F)ccc3F)c(F)c2)CC1. The summed E-state index contributed by atoms with van der Waals surface area (Å²) in [5, 5.41) is 10.5. The average molecular weight is 690 g/mol. The Morgan fingerprint density at radius 2 is 1.71 bits per heavy atom. The van der Waals surface area contributed by atoms with Crippen LogP contribution in [0.5, 0.6) is 0 Å². The largest absolute Gasteiger partial charge is 0.416 e. The van der Waals surface area contributed by atoms with Gasteiger partial charge in [-0.25, -0.2) is 22.8 Å². The number of alkyl halides is 3. The number of aromatic nitrogens is 2. The summed E-state index contributed by atoms with van der Waals surface area (Å²) >= 11 is 0. The Kier molecular flexibility index (Phi) is 10.7. The molecule has 0 aliphatic carbocycles. The lowest BCUT2D eigenvalue weighted by atomic mass is 10.1. The Bertz CT molecular complexity index is 1860. The van der Waals surface area contributed by atoms with Crippen LogP contribution in [0, 0.1) is 16.4 Å². The molecular formula is C31H32F5N9O2S. The van der Waals surface area contributed by atoms with E-state index in [0.717, 1.165) is 38.8 Å². The van der Waals surface area contributed by atoms with E-state index in [1.807, 2.05) is 5.32 Å². The maximum absolute atomic E-state index is 15.3. The van der Waals surface area contributed by atoms with E-state index < -0.39 is 45.7 Å². The fraction of sp³-hybridized carbons (Fsp3) is 0.258. The number of thiol groups is 1. The normalized spacial score (nSPS) is 14.7. The van der Waals surface area contributed by atoms with Crippen molar-refractivity contribution >= 4 is 45.5 Å². The van der Waals surface area contributed by atoms with Gasteiger partial charge in [0.25, 0.3) is 0 Å². The van der Waals surface area contributed by atoms with Crippen molar-refractivity contribution < 1.29 is 31.0 Å². The third-order valence-electron chi connectivity index (χ3n) is 7.51. The molecule has 0 spiro atoms. The Morgan fingerprint density at radius 1 is 0.958 bits per heavy atom. The van der Waals surface area contributed by atoms with Gasteiger partial charge in [0.1, 0.15) is 17.5 Å². The fourth-order valence-electron chi connectivity index (χ4n) is 4.89. The van der Waals surface area contributed by atoms with Crippen LogP contribution in [0.15, 0.2) is 71.8 Å². The minimum Gasteiger partial charge on any atom is -0.368 e. The van der Waals surface area contributed by atoms with Crippen molar-refractivity contribution in [2.75, 3.05) is 67.6 Å². The van der Waals surface area contributed by atoms with Crippen LogP contribution in [0.2, 0.25) is 0 Å². The molecule has 1 aromatic heterocycles. The molecule has 48 heavy (non-hydrogen) atoms. The number of nitrogens with one attached hydrogen (secondary N) is 5. The molecule has 4 aromatic rings. The summed E-state index contributed by atoms with van der Waals surface area (Å²) < 4.78 is 87.6. The summed E-state index contributed by atoms with van der Waals surface area (Å²) in [6.45, 7) is 4.94. The second kappa shape index (κ2) is 14.9. The standard InChI is InChI=1S/C31H32F5N9O2S/c1-44-11-13-45(14-12-44)10-9-38-28-23(18-39-29(43-28)40-21-3-2-4-22(17-21)48(37)47)19-5-8-26(25(33)15-19)41-30(46)42-27-16-20(31(34,35)36)6-7-24(27)32/h2-8,15-18,37,48H,9-14H2,1H3,(H2,41,42,46)(H2,38,39,40,43). The summed E-state index contributed by atoms with van der Waals surface area (Å²) in [6, 6.07) is 10.8. The summed E-state index contributed by atoms with van der Waals surface area (Å²) in [5.41, 5.74) is -0.891. The van der Waals surface area contributed by atoms with Crippen LogP contribution < -0.4 is 21.3 Å². The Balaban J connectivity index is 1.35. The van der Waals surface area contributed by atoms with Crippen molar-refractivity contribution in [2.45, 2.75) is 11.1 Å². The lowest BCUT2D eigenvalue weighted by molar-refractivity contribution is -0.137. The summed E-state index contributed by atoms with van der Waals surface area (Å²) in [7, 11) is -0.234. The molecule has 254 valence electrons. The molecule has 1 fully saturated rings. The van der Waals surface area contributed by atoms with E-state index in [4.69, 9.17) is 4.78 Å². The number of halogens is 5. The van der Waals surface area contributed by atoms with E-state index in [0.29, 0.717) is 52.3 Å². The lowest BCUT2D eigenvalue weighted by Crippen LogP contribution is -2.45. The number of hydrogen-bond acceptors (Lipinski definition) is 9. The maximum atomic E-state index is 15.3. The van der Waals surface area contributed by atoms with Crippen LogP contribution in [0.3, 0.4) is 0 Å². The number of carbonyl (C=O) groups is 1. The smallest absolute Gasteiger partial charge is 0.368 e. The molecule has 1 aliphatic rings. The van der Waals surface area contributed by atoms with Crippen LogP contribution in [0.25, 0.3) is 11.1 Å². The number of amides is 2. The minimum absolute atomic E-state index is 0.190. The van der Waals surface area contributed by atoms with Gasteiger partial charge in [0.2, 0.25) is 5.95 Å². The molecule has 0 radical (unpaired) electrons. The van der Waals surface area contributed by atoms with E-state index in [1.54, 1.807) is 24.3 Å². The quantitative estimate of drug-likeness (QED) is 0.0870. The summed E-state index contributed by atoms with van der Waals surface area (Å²) in [6.07, 6.45) is -3.28. The van der Waals surface area contributed by atoms with Gasteiger partial charge < -0.3 is 26.2 Å². The van der Waals surface area contributed by atoms with E-state index in [9.17, 15) is 26.6 Å². The third-order valence-corrected chi connectivity index (χ3v) is 8.26. The van der Waals surface area contributed by atoms with Crippen LogP contribution in [0.4, 0.5) is 55.6 Å². The van der Waals surface area contributed by atoms with Crippen LogP contribution >= 0.6 is 0 Å². The van der Waals surface area contributed by atoms with Crippen molar-refractivity contribution in [2.24, 2.45) is 0 Å². The zero-order valence-electron chi connectivity index (χ0n) is 25.5. The maximum Gasteiger partial charge on any atom is 0.416 e. The van der Waals surface area contributed by atoms with Gasteiger partial charge in [0.15, 0.2) is 0 Å². The van der Waals surface area contributed by atoms with E-state index in [2.05, 4.69) is 42.8 Å². The zero-order valence-corrected chi connectivity index (χ0v) is 26.4. The number of hydrogen-bond donors (Lipinski definition) is 6. The van der Waals surface area contributed by atoms with Gasteiger partial charge in [-0.05, 0) is 61.1 Å². The number of urea groups is 1. The highest BCUT2D eigenvalue weighted by Gasteiger charge is 2.31. The summed E-state index contributed by atoms with van der Waals surface area (Å²) in [5.74, 6) is -1.41. The molecule has 0 saturated carbocycles. The molecule has 2 amide bonds. The average Bonchev–Trinajstić information content (AvgIpc) is 3.04. The second-order valence-electron chi connectivity index (χ2n) is 11.0. The highest BCUT2D eigenvalue weighted by Crippen LogP contribution is 2.33. The topological polar surface area (TPSA) is 138 Å². The number of rotatable bonds is 10. The molecule has 1 unspecified atom stereocenters. The van der Waals surface area contributed by atoms with Crippen molar-refractivity contribution in [1.29, 1.82) is 4.78 Å². The van der Waals surface area contributed by atoms with Crippen LogP contribution in [0.1, 0.15) is 5.56 Å². The van der Waals surface area contributed by atoms with Crippen LogP contribution in [-0.2, 0) is 16.8 Å². The molecule has 5 rings (SSSR count). The van der Waals surface area contributed by atoms with Crippen molar-refractivity contribution in [3.05, 3.63) is 84.1 Å². The first-order valence-corrected chi connectivity index (χ1v) is 15.9. The van der Waals surface area contributed by atoms with E-state index in [-0.39, 0.29) is 11.6 Å². The first kappa shape index (κ1) is 34.5. The van der Waals surface area contributed by atoms with Gasteiger partial charge in [0, 0.05) is 61.6 Å². The highest BCUT2D eigenvalue weighted by atomic mass is 32.2. The lowest BCUT2D eigenvalue weighted by Gasteiger charge is -2.32. The van der Waals surface area contributed by atoms with Crippen molar-refractivity contribution in [3.63, 3.8) is 0 Å². The number of piperazine rings is 1. The molecule has 5 N–H and O–H groups in total. The molecule has 2 heterocycles. The molecule has 1 aliphatic heterocycles. The monoisotopic (exact) mass is 689 g/mol. The van der Waals surface area contributed by atoms with E-state index >= 15 is 4.39 Å². The second-order valence-corrected chi connectivity index (χ2v) is 12.1. The zero-order chi connectivity index (χ0) is 34.4. The van der Waals surface area contributed by atoms with Gasteiger partial charge in [0.05, 0.1) is 27.5 Å². The van der Waals surface area contributed by atoms with Gasteiger partial charge in [-0.2, -0.15) is 18.2 Å².